The van der Waals surface area contributed by atoms with Gasteiger partial charge < -0.3 is 9.11 Å². The fourth-order valence-corrected chi connectivity index (χ4v) is 4.56. The van der Waals surface area contributed by atoms with Crippen LogP contribution in [0.15, 0.2) is 82.6 Å². The van der Waals surface area contributed by atoms with Crippen molar-refractivity contribution < 1.29 is 25.9 Å². The summed E-state index contributed by atoms with van der Waals surface area (Å²) < 4.78 is 66.1. The number of benzene rings is 4. The van der Waals surface area contributed by atoms with Gasteiger partial charge in [0.2, 0.25) is 0 Å². The zero-order valence-corrected chi connectivity index (χ0v) is 17.8. The van der Waals surface area contributed by atoms with Crippen LogP contribution in [0.5, 0.6) is 0 Å². The second-order valence-electron chi connectivity index (χ2n) is 6.87. The van der Waals surface area contributed by atoms with Gasteiger partial charge in [-0.25, -0.2) is 16.8 Å². The van der Waals surface area contributed by atoms with Crippen LogP contribution in [0.25, 0.3) is 21.5 Å². The van der Waals surface area contributed by atoms with Crippen LogP contribution in [0.3, 0.4) is 0 Å². The van der Waals surface area contributed by atoms with E-state index in [1.807, 2.05) is 0 Å². The molecule has 0 N–H and O–H groups in total. The van der Waals surface area contributed by atoms with E-state index in [0.717, 1.165) is 12.1 Å². The van der Waals surface area contributed by atoms with Crippen molar-refractivity contribution in [1.82, 2.24) is 0 Å². The molecule has 4 aromatic carbocycles. The first-order valence-corrected chi connectivity index (χ1v) is 11.7. The molecule has 8 heteroatoms. The molecule has 0 saturated carbocycles. The summed E-state index contributed by atoms with van der Waals surface area (Å²) >= 11 is 0. The van der Waals surface area contributed by atoms with Gasteiger partial charge in [0.1, 0.15) is 20.2 Å². The highest BCUT2D eigenvalue weighted by atomic mass is 32.2. The summed E-state index contributed by atoms with van der Waals surface area (Å²) in [6, 6.07) is 20.2. The molecule has 30 heavy (non-hydrogen) atoms. The Labute approximate surface area is 175 Å². The predicted molar refractivity (Wildman–Crippen MR) is 113 cm³/mol. The Kier molecular flexibility index (Phi) is 5.96. The maximum atomic E-state index is 11.0. The Morgan fingerprint density at radius 2 is 0.967 bits per heavy atom. The number of rotatable bonds is 2. The Morgan fingerprint density at radius 3 is 1.33 bits per heavy atom. The van der Waals surface area contributed by atoms with Gasteiger partial charge in [-0.15, -0.1) is 0 Å². The average molecular weight is 443 g/mol. The number of hydrogen-bond acceptors (Lipinski definition) is 6. The van der Waals surface area contributed by atoms with E-state index in [1.165, 1.54) is 46.2 Å². The van der Waals surface area contributed by atoms with Crippen molar-refractivity contribution in [2.75, 3.05) is 0 Å². The van der Waals surface area contributed by atoms with Crippen molar-refractivity contribution in [3.05, 3.63) is 83.9 Å². The number of aryl methyl sites for hydroxylation is 2. The Hall–Kier alpha value is -2.78. The lowest BCUT2D eigenvalue weighted by atomic mass is 10.1. The van der Waals surface area contributed by atoms with E-state index in [-0.39, 0.29) is 10.8 Å². The summed E-state index contributed by atoms with van der Waals surface area (Å²) in [7, 11) is -9.48. The monoisotopic (exact) mass is 442 g/mol. The standard InChI is InChI=1S/C12H12.C10H8O6S2/c1-9-3-5-11-6-4-10(2)8-12(11)7-9;11-17(12,13)9-5-1-3-7-8(9)4-2-6-10(7)18(14,15)16/h3-8H,1-2H3;1-6H,(H,11,12,13)(H,14,15,16)/p-2. The lowest BCUT2D eigenvalue weighted by Crippen LogP contribution is -2.03. The molecule has 0 heterocycles. The number of hydrogen-bond donors (Lipinski definition) is 0. The molecule has 0 fully saturated rings. The maximum Gasteiger partial charge on any atom is 0.125 e. The minimum atomic E-state index is -4.74. The van der Waals surface area contributed by atoms with E-state index in [9.17, 15) is 25.9 Å². The fraction of sp³-hybridized carbons (Fsp3) is 0.0909. The van der Waals surface area contributed by atoms with Gasteiger partial charge in [0.05, 0.1) is 9.79 Å². The van der Waals surface area contributed by atoms with Crippen molar-refractivity contribution >= 4 is 41.8 Å². The van der Waals surface area contributed by atoms with Crippen LogP contribution >= 0.6 is 0 Å². The van der Waals surface area contributed by atoms with Crippen molar-refractivity contribution in [3.8, 4) is 0 Å². The fourth-order valence-electron chi connectivity index (χ4n) is 3.17. The number of fused-ring (bicyclic) bond motifs is 2. The molecule has 0 amide bonds. The lowest BCUT2D eigenvalue weighted by molar-refractivity contribution is 0.461. The van der Waals surface area contributed by atoms with Gasteiger partial charge in [0.15, 0.2) is 0 Å². The molecule has 0 unspecified atom stereocenters. The van der Waals surface area contributed by atoms with Crippen LogP contribution in [0.1, 0.15) is 11.1 Å². The molecule has 0 aromatic heterocycles. The van der Waals surface area contributed by atoms with Gasteiger partial charge in [0, 0.05) is 10.8 Å². The molecular formula is C22H18O6S2-2. The Bertz CT molecular complexity index is 1350. The summed E-state index contributed by atoms with van der Waals surface area (Å²) in [5.74, 6) is 0. The zero-order chi connectivity index (χ0) is 22.1. The quantitative estimate of drug-likeness (QED) is 0.432. The normalized spacial score (nSPS) is 11.9. The van der Waals surface area contributed by atoms with E-state index in [4.69, 9.17) is 0 Å². The highest BCUT2D eigenvalue weighted by Gasteiger charge is 2.12. The van der Waals surface area contributed by atoms with Crippen molar-refractivity contribution in [1.29, 1.82) is 0 Å². The predicted octanol–water partition coefficient (Wildman–Crippen LogP) is 4.10. The third kappa shape index (κ3) is 4.85. The smallest absolute Gasteiger partial charge is 0.125 e. The summed E-state index contributed by atoms with van der Waals surface area (Å²) in [5.41, 5.74) is 2.65. The Morgan fingerprint density at radius 1 is 0.567 bits per heavy atom. The third-order valence-electron chi connectivity index (χ3n) is 4.53. The molecule has 0 spiro atoms. The molecule has 156 valence electrons. The Balaban J connectivity index is 0.000000184. The summed E-state index contributed by atoms with van der Waals surface area (Å²) in [6.45, 7) is 4.25. The minimum Gasteiger partial charge on any atom is -0.744 e. The average Bonchev–Trinajstić information content (AvgIpc) is 2.65. The first kappa shape index (κ1) is 21.9. The molecule has 4 rings (SSSR count). The van der Waals surface area contributed by atoms with Crippen LogP contribution < -0.4 is 0 Å². The SMILES string of the molecule is Cc1ccc2ccc(C)cc2c1.O=S(=O)([O-])c1cccc2c(S(=O)(=O)[O-])cccc12. The molecular weight excluding hydrogens is 424 g/mol. The van der Waals surface area contributed by atoms with E-state index < -0.39 is 30.0 Å². The van der Waals surface area contributed by atoms with Crippen LogP contribution in [0.4, 0.5) is 0 Å². The highest BCUT2D eigenvalue weighted by molar-refractivity contribution is 7.86. The molecule has 0 bridgehead atoms. The van der Waals surface area contributed by atoms with Crippen LogP contribution in [0, 0.1) is 13.8 Å². The maximum absolute atomic E-state index is 11.0. The molecule has 4 aromatic rings. The van der Waals surface area contributed by atoms with Crippen LogP contribution in [0.2, 0.25) is 0 Å². The van der Waals surface area contributed by atoms with Gasteiger partial charge in [-0.3, -0.25) is 0 Å². The summed E-state index contributed by atoms with van der Waals surface area (Å²) in [6.07, 6.45) is 0. The van der Waals surface area contributed by atoms with Gasteiger partial charge >= 0.3 is 0 Å². The molecule has 0 aliphatic heterocycles. The van der Waals surface area contributed by atoms with Gasteiger partial charge in [-0.2, -0.15) is 0 Å². The molecule has 0 radical (unpaired) electrons. The minimum absolute atomic E-state index is 0.0792. The van der Waals surface area contributed by atoms with E-state index in [0.29, 0.717) is 0 Å². The molecule has 0 saturated heterocycles. The first-order chi connectivity index (χ1) is 14.0. The lowest BCUT2D eigenvalue weighted by Gasteiger charge is -2.14. The van der Waals surface area contributed by atoms with Crippen LogP contribution in [-0.2, 0) is 20.2 Å². The summed E-state index contributed by atoms with van der Waals surface area (Å²) in [5, 5.41) is 2.51. The van der Waals surface area contributed by atoms with Crippen molar-refractivity contribution in [2.45, 2.75) is 23.6 Å². The van der Waals surface area contributed by atoms with E-state index >= 15 is 0 Å². The highest BCUT2D eigenvalue weighted by Crippen LogP contribution is 2.27. The topological polar surface area (TPSA) is 114 Å². The van der Waals surface area contributed by atoms with E-state index in [1.54, 1.807) is 0 Å². The molecule has 0 aliphatic carbocycles. The molecule has 6 nitrogen and oxygen atoms in total. The van der Waals surface area contributed by atoms with Crippen molar-refractivity contribution in [2.24, 2.45) is 0 Å². The molecule has 0 atom stereocenters. The summed E-state index contributed by atoms with van der Waals surface area (Å²) in [4.78, 5) is -1.10. The first-order valence-electron chi connectivity index (χ1n) is 8.87. The second-order valence-corrected chi connectivity index (χ2v) is 9.57. The van der Waals surface area contributed by atoms with Crippen molar-refractivity contribution in [3.63, 3.8) is 0 Å². The second kappa shape index (κ2) is 8.16. The van der Waals surface area contributed by atoms with Crippen LogP contribution in [-0.4, -0.2) is 25.9 Å². The van der Waals surface area contributed by atoms with Gasteiger partial charge in [-0.05, 0) is 36.8 Å². The van der Waals surface area contributed by atoms with Gasteiger partial charge in [0.25, 0.3) is 0 Å². The largest absolute Gasteiger partial charge is 0.744 e. The third-order valence-corrected chi connectivity index (χ3v) is 6.32. The van der Waals surface area contributed by atoms with E-state index in [2.05, 4.69) is 50.2 Å². The zero-order valence-electron chi connectivity index (χ0n) is 16.2. The molecule has 0 aliphatic rings. The van der Waals surface area contributed by atoms with Gasteiger partial charge in [-0.1, -0.05) is 71.8 Å².